The van der Waals surface area contributed by atoms with E-state index in [-0.39, 0.29) is 11.5 Å². The normalized spacial score (nSPS) is 13.6. The van der Waals surface area contributed by atoms with E-state index >= 15 is 0 Å². The molecule has 2 rings (SSSR count). The monoisotopic (exact) mass is 399 g/mol. The highest BCUT2D eigenvalue weighted by Crippen LogP contribution is 2.32. The molecule has 0 saturated heterocycles. The van der Waals surface area contributed by atoms with Gasteiger partial charge in [0.15, 0.2) is 0 Å². The van der Waals surface area contributed by atoms with E-state index < -0.39 is 19.8 Å². The third-order valence-corrected chi connectivity index (χ3v) is 4.76. The molecule has 1 atom stereocenters. The number of imidazole rings is 1. The summed E-state index contributed by atoms with van der Waals surface area (Å²) in [5.41, 5.74) is 5.33. The Hall–Kier alpha value is -2.26. The van der Waals surface area contributed by atoms with Crippen molar-refractivity contribution in [3.63, 3.8) is 0 Å². The average Bonchev–Trinajstić information content (AvgIpc) is 2.89. The van der Waals surface area contributed by atoms with E-state index in [1.807, 2.05) is 39.0 Å². The van der Waals surface area contributed by atoms with E-state index in [1.54, 1.807) is 0 Å². The molecule has 1 heterocycles. The number of hydrogen-bond donors (Lipinski definition) is 2. The smallest absolute Gasteiger partial charge is 0.408 e. The molecule has 152 valence electrons. The van der Waals surface area contributed by atoms with Crippen LogP contribution in [-0.4, -0.2) is 29.7 Å². The van der Waals surface area contributed by atoms with Crippen LogP contribution in [0.2, 0.25) is 19.6 Å². The molecule has 1 aromatic heterocycles. The highest BCUT2D eigenvalue weighted by Gasteiger charge is 2.32. The molecule has 0 radical (unpaired) electrons. The van der Waals surface area contributed by atoms with Crippen molar-refractivity contribution in [3.05, 3.63) is 29.6 Å². The van der Waals surface area contributed by atoms with Crippen LogP contribution in [-0.2, 0) is 4.74 Å². The number of amides is 1. The Morgan fingerprint density at radius 2 is 1.82 bits per heavy atom. The number of rotatable bonds is 2. The van der Waals surface area contributed by atoms with Crippen molar-refractivity contribution in [2.45, 2.75) is 72.8 Å². The van der Waals surface area contributed by atoms with E-state index in [0.29, 0.717) is 5.82 Å². The summed E-state index contributed by atoms with van der Waals surface area (Å²) in [7, 11) is -1.43. The fraction of sp³-hybridized carbons (Fsp3) is 0.545. The second-order valence-corrected chi connectivity index (χ2v) is 15.0. The van der Waals surface area contributed by atoms with Gasteiger partial charge in [0.25, 0.3) is 0 Å². The molecule has 0 bridgehead atoms. The fourth-order valence-corrected chi connectivity index (χ4v) is 3.14. The first-order valence-corrected chi connectivity index (χ1v) is 13.2. The second kappa shape index (κ2) is 7.63. The topological polar surface area (TPSA) is 67.0 Å². The van der Waals surface area contributed by atoms with Gasteiger partial charge in [0.05, 0.1) is 17.1 Å². The largest absolute Gasteiger partial charge is 0.444 e. The molecule has 2 N–H and O–H groups in total. The van der Waals surface area contributed by atoms with Crippen molar-refractivity contribution >= 4 is 25.2 Å². The van der Waals surface area contributed by atoms with Crippen LogP contribution in [0, 0.1) is 16.9 Å². The second-order valence-electron chi connectivity index (χ2n) is 10.3. The van der Waals surface area contributed by atoms with Crippen LogP contribution in [0.25, 0.3) is 11.0 Å². The number of aromatic nitrogens is 2. The zero-order valence-corrected chi connectivity index (χ0v) is 19.6. The number of hydrogen-bond acceptors (Lipinski definition) is 3. The summed E-state index contributed by atoms with van der Waals surface area (Å²) in [6, 6.07) is 5.67. The first-order valence-electron chi connectivity index (χ1n) is 9.66. The van der Waals surface area contributed by atoms with Gasteiger partial charge in [0.2, 0.25) is 0 Å². The molecule has 0 fully saturated rings. The fourth-order valence-electron chi connectivity index (χ4n) is 2.62. The first kappa shape index (κ1) is 22.0. The Balaban J connectivity index is 2.36. The van der Waals surface area contributed by atoms with Crippen LogP contribution in [0.1, 0.15) is 59.0 Å². The molecule has 5 nitrogen and oxygen atoms in total. The van der Waals surface area contributed by atoms with Crippen molar-refractivity contribution in [1.29, 1.82) is 0 Å². The number of alkyl carbamates (subject to hydrolysis) is 1. The standard InChI is InChI=1S/C22H33N3O2Si/c1-21(2,3)18(25-20(26)27-22(4,5)6)19-23-16-11-10-15(14-17(16)24-19)12-13-28(7,8)9/h10-11,14,18H,1-9H3,(H,23,24)(H,25,26)/t18-/m1/s1. The molecule has 28 heavy (non-hydrogen) atoms. The lowest BCUT2D eigenvalue weighted by atomic mass is 9.86. The molecule has 1 aromatic carbocycles. The lowest BCUT2D eigenvalue weighted by Crippen LogP contribution is -2.40. The summed E-state index contributed by atoms with van der Waals surface area (Å²) in [4.78, 5) is 20.4. The average molecular weight is 400 g/mol. The van der Waals surface area contributed by atoms with Gasteiger partial charge in [-0.1, -0.05) is 46.3 Å². The minimum absolute atomic E-state index is 0.245. The number of benzene rings is 1. The number of ether oxygens (including phenoxy) is 1. The van der Waals surface area contributed by atoms with Crippen molar-refractivity contribution in [1.82, 2.24) is 15.3 Å². The molecule has 2 aromatic rings. The van der Waals surface area contributed by atoms with Gasteiger partial charge >= 0.3 is 6.09 Å². The highest BCUT2D eigenvalue weighted by molar-refractivity contribution is 6.83. The molecule has 1 amide bonds. The number of fused-ring (bicyclic) bond motifs is 1. The Kier molecular flexibility index (Phi) is 6.00. The predicted molar refractivity (Wildman–Crippen MR) is 118 cm³/mol. The van der Waals surface area contributed by atoms with E-state index in [4.69, 9.17) is 9.72 Å². The number of carbonyl (C=O) groups excluding carboxylic acids is 1. The van der Waals surface area contributed by atoms with E-state index in [2.05, 4.69) is 62.2 Å². The van der Waals surface area contributed by atoms with Crippen molar-refractivity contribution < 1.29 is 9.53 Å². The molecule has 0 spiro atoms. The molecule has 0 aliphatic heterocycles. The van der Waals surface area contributed by atoms with Crippen LogP contribution >= 0.6 is 0 Å². The number of nitrogens with one attached hydrogen (secondary N) is 2. The molecular formula is C22H33N3O2Si. The number of nitrogens with zero attached hydrogens (tertiary/aromatic N) is 1. The molecular weight excluding hydrogens is 366 g/mol. The Morgan fingerprint density at radius 1 is 1.18 bits per heavy atom. The number of carbonyl (C=O) groups is 1. The summed E-state index contributed by atoms with van der Waals surface area (Å²) < 4.78 is 5.44. The Morgan fingerprint density at radius 3 is 2.36 bits per heavy atom. The maximum absolute atomic E-state index is 12.3. The Bertz CT molecular complexity index is 916. The summed E-state index contributed by atoms with van der Waals surface area (Å²) in [6.07, 6.45) is -0.449. The molecule has 0 aliphatic carbocycles. The van der Waals surface area contributed by atoms with Gasteiger partial charge in [0.1, 0.15) is 19.5 Å². The maximum atomic E-state index is 12.3. The van der Waals surface area contributed by atoms with Crippen LogP contribution in [0.15, 0.2) is 18.2 Å². The quantitative estimate of drug-likeness (QED) is 0.524. The lowest BCUT2D eigenvalue weighted by molar-refractivity contribution is 0.0458. The summed E-state index contributed by atoms with van der Waals surface area (Å²) in [6.45, 7) is 18.4. The van der Waals surface area contributed by atoms with Gasteiger partial charge in [-0.3, -0.25) is 0 Å². The summed E-state index contributed by atoms with van der Waals surface area (Å²) in [5, 5.41) is 2.97. The number of H-pyrrole nitrogens is 1. The lowest BCUT2D eigenvalue weighted by Gasteiger charge is -2.31. The zero-order chi connectivity index (χ0) is 21.3. The number of aromatic amines is 1. The molecule has 0 unspecified atom stereocenters. The third kappa shape index (κ3) is 6.41. The van der Waals surface area contributed by atoms with Crippen LogP contribution in [0.3, 0.4) is 0 Å². The van der Waals surface area contributed by atoms with Gasteiger partial charge in [-0.05, 0) is 44.4 Å². The highest BCUT2D eigenvalue weighted by atomic mass is 28.3. The minimum atomic E-state index is -1.43. The SMILES string of the molecule is CC(C)(C)OC(=O)N[C@H](c1nc2ccc(C#C[Si](C)(C)C)cc2[nH]1)C(C)(C)C. The van der Waals surface area contributed by atoms with Gasteiger partial charge in [-0.15, -0.1) is 5.54 Å². The zero-order valence-electron chi connectivity index (χ0n) is 18.6. The van der Waals surface area contributed by atoms with E-state index in [1.165, 1.54) is 0 Å². The van der Waals surface area contributed by atoms with Crippen LogP contribution in [0.4, 0.5) is 4.79 Å². The van der Waals surface area contributed by atoms with Crippen molar-refractivity contribution in [3.8, 4) is 11.5 Å². The van der Waals surface area contributed by atoms with Crippen molar-refractivity contribution in [2.75, 3.05) is 0 Å². The van der Waals surface area contributed by atoms with Gasteiger partial charge in [-0.2, -0.15) is 0 Å². The van der Waals surface area contributed by atoms with Gasteiger partial charge < -0.3 is 15.0 Å². The maximum Gasteiger partial charge on any atom is 0.408 e. The van der Waals surface area contributed by atoms with Crippen molar-refractivity contribution in [2.24, 2.45) is 5.41 Å². The van der Waals surface area contributed by atoms with Crippen LogP contribution in [0.5, 0.6) is 0 Å². The molecule has 0 aliphatic rings. The first-order chi connectivity index (χ1) is 12.6. The third-order valence-electron chi connectivity index (χ3n) is 3.88. The predicted octanol–water partition coefficient (Wildman–Crippen LogP) is 5.40. The Labute approximate surface area is 169 Å². The summed E-state index contributed by atoms with van der Waals surface area (Å²) in [5.74, 6) is 3.99. The minimum Gasteiger partial charge on any atom is -0.444 e. The molecule has 6 heteroatoms. The van der Waals surface area contributed by atoms with Gasteiger partial charge in [-0.25, -0.2) is 9.78 Å². The van der Waals surface area contributed by atoms with E-state index in [0.717, 1.165) is 16.6 Å². The molecule has 0 saturated carbocycles. The summed E-state index contributed by atoms with van der Waals surface area (Å²) >= 11 is 0. The van der Waals surface area contributed by atoms with Gasteiger partial charge in [0, 0.05) is 5.56 Å². The van der Waals surface area contributed by atoms with E-state index in [9.17, 15) is 4.79 Å². The van der Waals surface area contributed by atoms with Crippen LogP contribution < -0.4 is 5.32 Å².